The molecule has 0 aromatic heterocycles. The van der Waals surface area contributed by atoms with Crippen LogP contribution in [0.3, 0.4) is 0 Å². The van der Waals surface area contributed by atoms with E-state index in [0.717, 1.165) is 16.7 Å². The molecular weight excluding hydrogens is 280 g/mol. The molecule has 1 aliphatic heterocycles. The van der Waals surface area contributed by atoms with Crippen molar-refractivity contribution in [3.8, 4) is 0 Å². The number of hydrogen-bond acceptors (Lipinski definition) is 3. The van der Waals surface area contributed by atoms with Crippen LogP contribution < -0.4 is 5.73 Å². The van der Waals surface area contributed by atoms with E-state index in [0.29, 0.717) is 24.9 Å². The second-order valence-corrected chi connectivity index (χ2v) is 5.92. The normalized spacial score (nSPS) is 16.0. The molecule has 0 aliphatic carbocycles. The summed E-state index contributed by atoms with van der Waals surface area (Å²) in [6.07, 6.45) is 1.07. The summed E-state index contributed by atoms with van der Waals surface area (Å²) < 4.78 is 0. The minimum absolute atomic E-state index is 0.0512. The third-order valence-electron chi connectivity index (χ3n) is 4.55. The number of Topliss-reactive ketones (excluding diaryl/α,β-unsaturated/α-hetero) is 1. The van der Waals surface area contributed by atoms with Crippen LogP contribution in [-0.2, 0) is 9.59 Å². The van der Waals surface area contributed by atoms with Gasteiger partial charge in [-0.25, -0.2) is 0 Å². The number of aryl methyl sites for hydroxylation is 1. The number of ketones is 1. The first kappa shape index (κ1) is 16.2. The molecule has 5 heteroatoms. The van der Waals surface area contributed by atoms with Gasteiger partial charge in [0.2, 0.25) is 11.8 Å². The van der Waals surface area contributed by atoms with Gasteiger partial charge < -0.3 is 10.6 Å². The van der Waals surface area contributed by atoms with E-state index in [2.05, 4.69) is 0 Å². The number of carbonyl (C=O) groups is 3. The Hall–Kier alpha value is -2.17. The molecular formula is C17H22N2O3. The van der Waals surface area contributed by atoms with Gasteiger partial charge in [0.25, 0.3) is 0 Å². The molecule has 22 heavy (non-hydrogen) atoms. The van der Waals surface area contributed by atoms with E-state index in [-0.39, 0.29) is 18.1 Å². The van der Waals surface area contributed by atoms with Crippen LogP contribution >= 0.6 is 0 Å². The van der Waals surface area contributed by atoms with Crippen LogP contribution in [0.15, 0.2) is 12.1 Å². The lowest BCUT2D eigenvalue weighted by Crippen LogP contribution is -2.46. The molecule has 2 N–H and O–H groups in total. The highest BCUT2D eigenvalue weighted by Crippen LogP contribution is 2.22. The molecule has 118 valence electrons. The van der Waals surface area contributed by atoms with Crippen molar-refractivity contribution < 1.29 is 14.4 Å². The van der Waals surface area contributed by atoms with Crippen molar-refractivity contribution in [1.82, 2.24) is 4.90 Å². The molecule has 0 spiro atoms. The number of primary amides is 1. The highest BCUT2D eigenvalue weighted by molar-refractivity contribution is 6.01. The number of benzene rings is 1. The maximum absolute atomic E-state index is 12.6. The monoisotopic (exact) mass is 302 g/mol. The second-order valence-electron chi connectivity index (χ2n) is 5.92. The van der Waals surface area contributed by atoms with Crippen molar-refractivity contribution in [2.75, 3.05) is 6.54 Å². The largest absolute Gasteiger partial charge is 0.368 e. The first-order valence-electron chi connectivity index (χ1n) is 7.51. The van der Waals surface area contributed by atoms with Gasteiger partial charge in [0.15, 0.2) is 5.78 Å². The maximum atomic E-state index is 12.6. The Balaban J connectivity index is 2.24. The SMILES string of the molecule is Cc1ccc(C(=O)CC(C(N)=O)N2CCCC2=O)c(C)c1C. The smallest absolute Gasteiger partial charge is 0.240 e. The van der Waals surface area contributed by atoms with Crippen LogP contribution in [0.2, 0.25) is 0 Å². The quantitative estimate of drug-likeness (QED) is 0.840. The highest BCUT2D eigenvalue weighted by atomic mass is 16.2. The summed E-state index contributed by atoms with van der Waals surface area (Å²) in [4.78, 5) is 37.5. The molecule has 0 bridgehead atoms. The Morgan fingerprint density at radius 3 is 2.45 bits per heavy atom. The van der Waals surface area contributed by atoms with Crippen molar-refractivity contribution in [3.05, 3.63) is 34.4 Å². The zero-order valence-electron chi connectivity index (χ0n) is 13.3. The maximum Gasteiger partial charge on any atom is 0.240 e. The number of rotatable bonds is 5. The Morgan fingerprint density at radius 2 is 1.91 bits per heavy atom. The fourth-order valence-corrected chi connectivity index (χ4v) is 2.91. The number of hydrogen-bond donors (Lipinski definition) is 1. The Bertz CT molecular complexity index is 637. The molecule has 2 amide bonds. The lowest BCUT2D eigenvalue weighted by atomic mass is 9.93. The number of nitrogens with two attached hydrogens (primary N) is 1. The lowest BCUT2D eigenvalue weighted by molar-refractivity contribution is -0.135. The molecule has 1 aliphatic rings. The molecule has 0 saturated carbocycles. The summed E-state index contributed by atoms with van der Waals surface area (Å²) in [5, 5.41) is 0. The molecule has 0 radical (unpaired) electrons. The van der Waals surface area contributed by atoms with Crippen LogP contribution in [0.1, 0.15) is 46.3 Å². The van der Waals surface area contributed by atoms with Crippen molar-refractivity contribution in [1.29, 1.82) is 0 Å². The van der Waals surface area contributed by atoms with Gasteiger partial charge in [-0.3, -0.25) is 14.4 Å². The first-order valence-corrected chi connectivity index (χ1v) is 7.51. The summed E-state index contributed by atoms with van der Waals surface area (Å²) >= 11 is 0. The number of carbonyl (C=O) groups excluding carboxylic acids is 3. The fraction of sp³-hybridized carbons (Fsp3) is 0.471. The zero-order valence-corrected chi connectivity index (χ0v) is 13.3. The van der Waals surface area contributed by atoms with E-state index in [1.807, 2.05) is 26.8 Å². The Morgan fingerprint density at radius 1 is 1.23 bits per heavy atom. The molecule has 1 heterocycles. The van der Waals surface area contributed by atoms with E-state index in [1.165, 1.54) is 4.90 Å². The van der Waals surface area contributed by atoms with Crippen molar-refractivity contribution >= 4 is 17.6 Å². The summed E-state index contributed by atoms with van der Waals surface area (Å²) in [5.41, 5.74) is 9.12. The minimum Gasteiger partial charge on any atom is -0.368 e. The average Bonchev–Trinajstić information content (AvgIpc) is 2.87. The molecule has 1 saturated heterocycles. The summed E-state index contributed by atoms with van der Waals surface area (Å²) in [6, 6.07) is 2.84. The topological polar surface area (TPSA) is 80.5 Å². The van der Waals surface area contributed by atoms with Crippen LogP contribution in [0.4, 0.5) is 0 Å². The van der Waals surface area contributed by atoms with Gasteiger partial charge in [-0.05, 0) is 43.9 Å². The summed E-state index contributed by atoms with van der Waals surface area (Å²) in [6.45, 7) is 6.35. The van der Waals surface area contributed by atoms with E-state index in [9.17, 15) is 14.4 Å². The first-order chi connectivity index (χ1) is 10.3. The van der Waals surface area contributed by atoms with Crippen molar-refractivity contribution in [3.63, 3.8) is 0 Å². The third-order valence-corrected chi connectivity index (χ3v) is 4.55. The minimum atomic E-state index is -0.844. The molecule has 1 aromatic rings. The highest BCUT2D eigenvalue weighted by Gasteiger charge is 2.33. The van der Waals surface area contributed by atoms with Gasteiger partial charge in [-0.1, -0.05) is 12.1 Å². The third kappa shape index (κ3) is 3.03. The second kappa shape index (κ2) is 6.30. The average molecular weight is 302 g/mol. The predicted octanol–water partition coefficient (Wildman–Crippen LogP) is 1.66. The molecule has 5 nitrogen and oxygen atoms in total. The van der Waals surface area contributed by atoms with E-state index >= 15 is 0 Å². The van der Waals surface area contributed by atoms with Crippen molar-refractivity contribution in [2.24, 2.45) is 5.73 Å². The van der Waals surface area contributed by atoms with Crippen molar-refractivity contribution in [2.45, 2.75) is 46.1 Å². The van der Waals surface area contributed by atoms with E-state index in [4.69, 9.17) is 5.73 Å². The molecule has 2 rings (SSSR count). The predicted molar refractivity (Wildman–Crippen MR) is 83.5 cm³/mol. The van der Waals surface area contributed by atoms with Gasteiger partial charge >= 0.3 is 0 Å². The van der Waals surface area contributed by atoms with Gasteiger partial charge in [-0.2, -0.15) is 0 Å². The zero-order chi connectivity index (χ0) is 16.4. The summed E-state index contributed by atoms with van der Waals surface area (Å²) in [5.74, 6) is -0.873. The molecule has 1 unspecified atom stereocenters. The van der Waals surface area contributed by atoms with Crippen LogP contribution in [0.5, 0.6) is 0 Å². The Labute approximate surface area is 130 Å². The summed E-state index contributed by atoms with van der Waals surface area (Å²) in [7, 11) is 0. The van der Waals surface area contributed by atoms with Gasteiger partial charge in [-0.15, -0.1) is 0 Å². The van der Waals surface area contributed by atoms with E-state index < -0.39 is 11.9 Å². The van der Waals surface area contributed by atoms with Gasteiger partial charge in [0, 0.05) is 24.9 Å². The molecule has 1 fully saturated rings. The lowest BCUT2D eigenvalue weighted by Gasteiger charge is -2.24. The molecule has 1 atom stereocenters. The fourth-order valence-electron chi connectivity index (χ4n) is 2.91. The van der Waals surface area contributed by atoms with Crippen LogP contribution in [0.25, 0.3) is 0 Å². The Kier molecular flexibility index (Phi) is 4.64. The number of likely N-dealkylation sites (tertiary alicyclic amines) is 1. The van der Waals surface area contributed by atoms with E-state index in [1.54, 1.807) is 6.07 Å². The van der Waals surface area contributed by atoms with Crippen LogP contribution in [0, 0.1) is 20.8 Å². The number of nitrogens with zero attached hydrogens (tertiary/aromatic N) is 1. The van der Waals surface area contributed by atoms with Gasteiger partial charge in [0.05, 0.1) is 0 Å². The van der Waals surface area contributed by atoms with Crippen LogP contribution in [-0.4, -0.2) is 35.1 Å². The number of amides is 2. The van der Waals surface area contributed by atoms with Gasteiger partial charge in [0.1, 0.15) is 6.04 Å². The molecule has 1 aromatic carbocycles. The standard InChI is InChI=1S/C17H22N2O3/c1-10-6-7-13(12(3)11(10)2)15(20)9-14(17(18)22)19-8-4-5-16(19)21/h6-7,14H,4-5,8-9H2,1-3H3,(H2,18,22).